The van der Waals surface area contributed by atoms with Crippen LogP contribution in [0.15, 0.2) is 42.5 Å². The minimum absolute atomic E-state index is 0.107. The van der Waals surface area contributed by atoms with Crippen LogP contribution in [0.2, 0.25) is 0 Å². The van der Waals surface area contributed by atoms with E-state index in [9.17, 15) is 4.79 Å². The highest BCUT2D eigenvalue weighted by Gasteiger charge is 2.42. The molecule has 1 spiro atoms. The normalized spacial score (nSPS) is 16.6. The topological polar surface area (TPSA) is 63.3 Å². The van der Waals surface area contributed by atoms with E-state index in [1.807, 2.05) is 48.2 Å². The van der Waals surface area contributed by atoms with Crippen molar-refractivity contribution in [2.45, 2.75) is 32.6 Å². The molecule has 0 saturated carbocycles. The van der Waals surface area contributed by atoms with Crippen molar-refractivity contribution in [2.24, 2.45) is 5.41 Å². The van der Waals surface area contributed by atoms with Gasteiger partial charge in [-0.25, -0.2) is 0 Å². The molecular formula is C28H37N3O4S. The number of hydrogen-bond acceptors (Lipinski definition) is 5. The summed E-state index contributed by atoms with van der Waals surface area (Å²) in [6.45, 7) is 6.85. The van der Waals surface area contributed by atoms with E-state index in [1.165, 1.54) is 5.56 Å². The van der Waals surface area contributed by atoms with Gasteiger partial charge in [-0.2, -0.15) is 0 Å². The third kappa shape index (κ3) is 6.03. The molecule has 2 saturated heterocycles. The Bertz CT molecular complexity index is 1050. The molecule has 2 fully saturated rings. The number of amides is 1. The smallest absolute Gasteiger partial charge is 0.253 e. The zero-order chi connectivity index (χ0) is 25.5. The van der Waals surface area contributed by atoms with Gasteiger partial charge in [0.15, 0.2) is 16.6 Å². The number of rotatable bonds is 8. The molecule has 0 aliphatic carbocycles. The highest BCUT2D eigenvalue weighted by atomic mass is 32.1. The molecular weight excluding hydrogens is 474 g/mol. The van der Waals surface area contributed by atoms with Crippen molar-refractivity contribution in [1.82, 2.24) is 15.1 Å². The number of likely N-dealkylation sites (tertiary alicyclic amines) is 2. The fourth-order valence-electron chi connectivity index (χ4n) is 5.21. The number of ether oxygens (including phenoxy) is 3. The number of benzene rings is 2. The number of carbonyl (C=O) groups is 1. The first-order valence-corrected chi connectivity index (χ1v) is 13.1. The Morgan fingerprint density at radius 1 is 0.972 bits per heavy atom. The maximum atomic E-state index is 13.0. The van der Waals surface area contributed by atoms with Gasteiger partial charge in [-0.05, 0) is 92.2 Å². The van der Waals surface area contributed by atoms with E-state index in [1.54, 1.807) is 14.2 Å². The van der Waals surface area contributed by atoms with Crippen molar-refractivity contribution in [2.75, 3.05) is 53.6 Å². The summed E-state index contributed by atoms with van der Waals surface area (Å²) in [6, 6.07) is 13.5. The van der Waals surface area contributed by atoms with E-state index in [0.717, 1.165) is 86.3 Å². The van der Waals surface area contributed by atoms with Gasteiger partial charge in [0.25, 0.3) is 5.91 Å². The first kappa shape index (κ1) is 26.1. The van der Waals surface area contributed by atoms with Crippen LogP contribution >= 0.6 is 12.2 Å². The van der Waals surface area contributed by atoms with Gasteiger partial charge in [0.1, 0.15) is 5.75 Å². The van der Waals surface area contributed by atoms with Crippen molar-refractivity contribution < 1.29 is 19.0 Å². The molecule has 0 unspecified atom stereocenters. The largest absolute Gasteiger partial charge is 0.494 e. The minimum atomic E-state index is 0.107. The Morgan fingerprint density at radius 3 is 2.28 bits per heavy atom. The Balaban J connectivity index is 1.23. The van der Waals surface area contributed by atoms with Gasteiger partial charge in [-0.1, -0.05) is 6.07 Å². The van der Waals surface area contributed by atoms with Gasteiger partial charge in [0.05, 0.1) is 20.8 Å². The average molecular weight is 512 g/mol. The van der Waals surface area contributed by atoms with E-state index in [-0.39, 0.29) is 11.3 Å². The van der Waals surface area contributed by atoms with Crippen LogP contribution in [0.1, 0.15) is 42.1 Å². The van der Waals surface area contributed by atoms with Crippen LogP contribution in [0.5, 0.6) is 17.2 Å². The first-order valence-electron chi connectivity index (χ1n) is 12.7. The molecule has 2 aliphatic rings. The van der Waals surface area contributed by atoms with Crippen LogP contribution in [0, 0.1) is 5.41 Å². The molecule has 36 heavy (non-hydrogen) atoms. The fraction of sp³-hybridized carbons (Fsp3) is 0.500. The number of nitrogens with zero attached hydrogens (tertiary/aromatic N) is 2. The highest BCUT2D eigenvalue weighted by molar-refractivity contribution is 7.80. The molecule has 194 valence electrons. The Kier molecular flexibility index (Phi) is 8.56. The van der Waals surface area contributed by atoms with Gasteiger partial charge in [-0.3, -0.25) is 4.79 Å². The molecule has 2 aromatic rings. The van der Waals surface area contributed by atoms with E-state index < -0.39 is 0 Å². The summed E-state index contributed by atoms with van der Waals surface area (Å²) in [5.41, 5.74) is 2.14. The summed E-state index contributed by atoms with van der Waals surface area (Å²) in [5.74, 6) is 2.38. The molecule has 0 bridgehead atoms. The standard InChI is InChI=1S/C28H37N3O4S/c1-4-35-23-8-6-22(7-9-23)26(32)30-16-12-28(13-17-30)14-18-31(20-28)27(36)29-15-11-21-5-10-24(33-2)25(19-21)34-3/h5-10,19H,4,11-18,20H2,1-3H3,(H,29,36). The number of piperidine rings is 1. The molecule has 1 N–H and O–H groups in total. The number of thiocarbonyl (C=S) groups is 1. The lowest BCUT2D eigenvalue weighted by Gasteiger charge is -2.39. The predicted molar refractivity (Wildman–Crippen MR) is 145 cm³/mol. The lowest BCUT2D eigenvalue weighted by atomic mass is 9.77. The summed E-state index contributed by atoms with van der Waals surface area (Å²) < 4.78 is 16.2. The molecule has 4 rings (SSSR count). The Labute approximate surface area is 219 Å². The SMILES string of the molecule is CCOc1ccc(C(=O)N2CCC3(CC2)CCN(C(=S)NCCc2ccc(OC)c(OC)c2)C3)cc1. The van der Waals surface area contributed by atoms with Crippen LogP contribution in [0.25, 0.3) is 0 Å². The van der Waals surface area contributed by atoms with E-state index in [4.69, 9.17) is 26.4 Å². The van der Waals surface area contributed by atoms with Crippen molar-refractivity contribution >= 4 is 23.2 Å². The van der Waals surface area contributed by atoms with Gasteiger partial charge in [0, 0.05) is 38.3 Å². The second-order valence-corrected chi connectivity index (χ2v) is 9.98. The van der Waals surface area contributed by atoms with E-state index in [0.29, 0.717) is 6.61 Å². The number of carbonyl (C=O) groups excluding carboxylic acids is 1. The lowest BCUT2D eigenvalue weighted by molar-refractivity contribution is 0.0598. The van der Waals surface area contributed by atoms with Crippen molar-refractivity contribution in [3.8, 4) is 17.2 Å². The van der Waals surface area contributed by atoms with Crippen LogP contribution in [-0.2, 0) is 6.42 Å². The van der Waals surface area contributed by atoms with Crippen LogP contribution in [0.3, 0.4) is 0 Å². The summed E-state index contributed by atoms with van der Waals surface area (Å²) >= 11 is 5.72. The number of hydrogen-bond donors (Lipinski definition) is 1. The molecule has 2 aliphatic heterocycles. The van der Waals surface area contributed by atoms with E-state index >= 15 is 0 Å². The van der Waals surface area contributed by atoms with Crippen LogP contribution in [0.4, 0.5) is 0 Å². The number of nitrogens with one attached hydrogen (secondary N) is 1. The Morgan fingerprint density at radius 2 is 1.64 bits per heavy atom. The van der Waals surface area contributed by atoms with Gasteiger partial charge < -0.3 is 29.3 Å². The molecule has 0 atom stereocenters. The maximum absolute atomic E-state index is 13.0. The molecule has 1 amide bonds. The monoisotopic (exact) mass is 511 g/mol. The lowest BCUT2D eigenvalue weighted by Crippen LogP contribution is -2.45. The summed E-state index contributed by atoms with van der Waals surface area (Å²) in [5, 5.41) is 4.25. The fourth-order valence-corrected chi connectivity index (χ4v) is 5.46. The van der Waals surface area contributed by atoms with Crippen LogP contribution < -0.4 is 19.5 Å². The van der Waals surface area contributed by atoms with Crippen molar-refractivity contribution in [3.63, 3.8) is 0 Å². The predicted octanol–water partition coefficient (Wildman–Crippen LogP) is 4.15. The first-order chi connectivity index (χ1) is 17.5. The maximum Gasteiger partial charge on any atom is 0.253 e. The van der Waals surface area contributed by atoms with Crippen LogP contribution in [-0.4, -0.2) is 74.4 Å². The number of methoxy groups -OCH3 is 2. The molecule has 2 heterocycles. The third-order valence-corrected chi connectivity index (χ3v) is 7.79. The van der Waals surface area contributed by atoms with E-state index in [2.05, 4.69) is 16.3 Å². The third-order valence-electron chi connectivity index (χ3n) is 7.39. The molecule has 8 heteroatoms. The molecule has 2 aromatic carbocycles. The summed E-state index contributed by atoms with van der Waals surface area (Å²) in [7, 11) is 3.29. The second-order valence-electron chi connectivity index (χ2n) is 9.59. The van der Waals surface area contributed by atoms with Crippen molar-refractivity contribution in [1.29, 1.82) is 0 Å². The average Bonchev–Trinajstić information content (AvgIpc) is 3.32. The summed E-state index contributed by atoms with van der Waals surface area (Å²) in [4.78, 5) is 17.3. The quantitative estimate of drug-likeness (QED) is 0.534. The van der Waals surface area contributed by atoms with Gasteiger partial charge in [0.2, 0.25) is 0 Å². The highest BCUT2D eigenvalue weighted by Crippen LogP contribution is 2.40. The minimum Gasteiger partial charge on any atom is -0.494 e. The Hall–Kier alpha value is -3.00. The molecule has 7 nitrogen and oxygen atoms in total. The zero-order valence-corrected chi connectivity index (χ0v) is 22.4. The van der Waals surface area contributed by atoms with Gasteiger partial charge in [-0.15, -0.1) is 0 Å². The van der Waals surface area contributed by atoms with Crippen molar-refractivity contribution in [3.05, 3.63) is 53.6 Å². The summed E-state index contributed by atoms with van der Waals surface area (Å²) in [6.07, 6.45) is 4.00. The zero-order valence-electron chi connectivity index (χ0n) is 21.5. The molecule has 0 radical (unpaired) electrons. The second kappa shape index (κ2) is 11.8. The molecule has 0 aromatic heterocycles. The van der Waals surface area contributed by atoms with Gasteiger partial charge >= 0.3 is 0 Å².